The van der Waals surface area contributed by atoms with Gasteiger partial charge in [-0.15, -0.1) is 0 Å². The molecule has 0 aromatic carbocycles. The summed E-state index contributed by atoms with van der Waals surface area (Å²) in [7, 11) is 0. The zero-order valence-electron chi connectivity index (χ0n) is 8.48. The number of H-pyrrole nitrogens is 1. The summed E-state index contributed by atoms with van der Waals surface area (Å²) in [5.74, 6) is -0.219. The number of hydrogen-bond donors (Lipinski definition) is 2. The number of anilines is 1. The third kappa shape index (κ3) is 2.88. The van der Waals surface area contributed by atoms with Crippen molar-refractivity contribution in [2.24, 2.45) is 0 Å². The molecule has 1 amide bonds. The van der Waals surface area contributed by atoms with E-state index in [0.717, 1.165) is 0 Å². The summed E-state index contributed by atoms with van der Waals surface area (Å²) >= 11 is 5.73. The van der Waals surface area contributed by atoms with E-state index < -0.39 is 5.91 Å². The van der Waals surface area contributed by atoms with Gasteiger partial charge in [-0.1, -0.05) is 11.6 Å². The van der Waals surface area contributed by atoms with Crippen LogP contribution < -0.4 is 10.9 Å². The van der Waals surface area contributed by atoms with Crippen molar-refractivity contribution in [2.75, 3.05) is 5.32 Å². The van der Waals surface area contributed by atoms with Gasteiger partial charge in [0.25, 0.3) is 11.5 Å². The predicted octanol–water partition coefficient (Wildman–Crippen LogP) is 1.07. The van der Waals surface area contributed by atoms with Crippen LogP contribution in [0.25, 0.3) is 0 Å². The first-order valence-corrected chi connectivity index (χ1v) is 5.01. The van der Waals surface area contributed by atoms with Crippen molar-refractivity contribution in [1.82, 2.24) is 15.2 Å². The first-order valence-electron chi connectivity index (χ1n) is 4.64. The van der Waals surface area contributed by atoms with E-state index in [1.807, 2.05) is 0 Å². The number of rotatable bonds is 2. The molecule has 0 saturated heterocycles. The second-order valence-electron chi connectivity index (χ2n) is 3.12. The Bertz CT molecular complexity index is 591. The lowest BCUT2D eigenvalue weighted by atomic mass is 10.3. The van der Waals surface area contributed by atoms with E-state index >= 15 is 0 Å². The molecule has 2 aromatic heterocycles. The number of pyridine rings is 1. The van der Waals surface area contributed by atoms with Crippen molar-refractivity contribution in [3.05, 3.63) is 51.5 Å². The lowest BCUT2D eigenvalue weighted by Crippen LogP contribution is -2.16. The second kappa shape index (κ2) is 4.75. The molecule has 0 unspecified atom stereocenters. The molecule has 2 rings (SSSR count). The first kappa shape index (κ1) is 11.3. The highest BCUT2D eigenvalue weighted by atomic mass is 35.5. The van der Waals surface area contributed by atoms with E-state index in [1.54, 1.807) is 6.07 Å². The molecule has 0 spiro atoms. The number of aromatic amines is 1. The number of nitrogens with one attached hydrogen (secondary N) is 2. The van der Waals surface area contributed by atoms with Gasteiger partial charge >= 0.3 is 0 Å². The second-order valence-corrected chi connectivity index (χ2v) is 3.56. The molecule has 0 saturated carbocycles. The average Bonchev–Trinajstić information content (AvgIpc) is 2.32. The van der Waals surface area contributed by atoms with Crippen LogP contribution in [-0.4, -0.2) is 21.1 Å². The Morgan fingerprint density at radius 1 is 1.35 bits per heavy atom. The van der Waals surface area contributed by atoms with Gasteiger partial charge in [0.15, 0.2) is 5.82 Å². The van der Waals surface area contributed by atoms with Gasteiger partial charge in [0.05, 0.1) is 0 Å². The fourth-order valence-electron chi connectivity index (χ4n) is 1.12. The number of carbonyl (C=O) groups excluding carboxylic acids is 1. The molecule has 17 heavy (non-hydrogen) atoms. The molecule has 2 aromatic rings. The third-order valence-corrected chi connectivity index (χ3v) is 2.11. The monoisotopic (exact) mass is 250 g/mol. The maximum Gasteiger partial charge on any atom is 0.275 e. The largest absolute Gasteiger partial charge is 0.304 e. The molecule has 2 N–H and O–H groups in total. The van der Waals surface area contributed by atoms with Crippen molar-refractivity contribution < 1.29 is 4.79 Å². The Labute approximate surface area is 101 Å². The van der Waals surface area contributed by atoms with Crippen molar-refractivity contribution >= 4 is 23.3 Å². The summed E-state index contributed by atoms with van der Waals surface area (Å²) in [6.45, 7) is 0. The maximum absolute atomic E-state index is 11.7. The fraction of sp³-hybridized carbons (Fsp3) is 0. The minimum absolute atomic E-state index is 0.172. The summed E-state index contributed by atoms with van der Waals surface area (Å²) in [5.41, 5.74) is -0.172. The first-order chi connectivity index (χ1) is 8.15. The normalized spacial score (nSPS) is 9.94. The maximum atomic E-state index is 11.7. The van der Waals surface area contributed by atoms with E-state index in [2.05, 4.69) is 20.5 Å². The van der Waals surface area contributed by atoms with Crippen LogP contribution in [-0.2, 0) is 0 Å². The molecule has 0 radical (unpaired) electrons. The highest BCUT2D eigenvalue weighted by Crippen LogP contribution is 2.09. The van der Waals surface area contributed by atoms with Gasteiger partial charge in [-0.25, -0.2) is 5.10 Å². The molecular formula is C10H7ClN4O2. The summed E-state index contributed by atoms with van der Waals surface area (Å²) < 4.78 is 0. The van der Waals surface area contributed by atoms with Gasteiger partial charge in [0.1, 0.15) is 5.69 Å². The fourth-order valence-corrected chi connectivity index (χ4v) is 1.28. The smallest absolute Gasteiger partial charge is 0.275 e. The van der Waals surface area contributed by atoms with Crippen LogP contribution in [0.4, 0.5) is 5.82 Å². The topological polar surface area (TPSA) is 87.7 Å². The van der Waals surface area contributed by atoms with Crippen molar-refractivity contribution in [3.63, 3.8) is 0 Å². The number of halogens is 1. The molecule has 0 aliphatic carbocycles. The van der Waals surface area contributed by atoms with Crippen LogP contribution in [0.5, 0.6) is 0 Å². The van der Waals surface area contributed by atoms with Crippen molar-refractivity contribution in [2.45, 2.75) is 0 Å². The summed E-state index contributed by atoms with van der Waals surface area (Å²) in [6, 6.07) is 5.65. The van der Waals surface area contributed by atoms with E-state index in [4.69, 9.17) is 11.6 Å². The summed E-state index contributed by atoms with van der Waals surface area (Å²) in [5, 5.41) is 8.72. The molecule has 0 atom stereocenters. The zero-order chi connectivity index (χ0) is 12.3. The molecule has 2 heterocycles. The van der Waals surface area contributed by atoms with Crippen LogP contribution in [0, 0.1) is 0 Å². The molecule has 7 heteroatoms. The van der Waals surface area contributed by atoms with Gasteiger partial charge in [0.2, 0.25) is 0 Å². The molecule has 0 fully saturated rings. The van der Waals surface area contributed by atoms with Gasteiger partial charge in [0, 0.05) is 17.3 Å². The number of nitrogens with zero attached hydrogens (tertiary/aromatic N) is 2. The van der Waals surface area contributed by atoms with Gasteiger partial charge < -0.3 is 5.32 Å². The minimum atomic E-state index is -0.452. The Morgan fingerprint density at radius 2 is 2.18 bits per heavy atom. The highest BCUT2D eigenvalue weighted by Gasteiger charge is 2.08. The number of hydrogen-bond acceptors (Lipinski definition) is 4. The van der Waals surface area contributed by atoms with Crippen LogP contribution >= 0.6 is 11.6 Å². The van der Waals surface area contributed by atoms with Gasteiger partial charge in [-0.2, -0.15) is 5.10 Å². The average molecular weight is 251 g/mol. The van der Waals surface area contributed by atoms with Crippen molar-refractivity contribution in [3.8, 4) is 0 Å². The Balaban J connectivity index is 2.17. The predicted molar refractivity (Wildman–Crippen MR) is 62.1 cm³/mol. The quantitative estimate of drug-likeness (QED) is 0.835. The molecule has 86 valence electrons. The lowest BCUT2D eigenvalue weighted by Gasteiger charge is -2.02. The number of aromatic nitrogens is 3. The van der Waals surface area contributed by atoms with Gasteiger partial charge in [-0.3, -0.25) is 14.6 Å². The van der Waals surface area contributed by atoms with E-state index in [-0.39, 0.29) is 17.1 Å². The molecule has 0 bridgehead atoms. The van der Waals surface area contributed by atoms with Crippen LogP contribution in [0.2, 0.25) is 5.02 Å². The standard InChI is InChI=1S/C10H7ClN4O2/c11-6-3-4-12-7(5-6)10(17)13-8-1-2-9(16)15-14-8/h1-5H,(H,15,16)(H,13,14,17). The summed E-state index contributed by atoms with van der Waals surface area (Å²) in [4.78, 5) is 26.3. The molecule has 6 nitrogen and oxygen atoms in total. The van der Waals surface area contributed by atoms with Crippen molar-refractivity contribution in [1.29, 1.82) is 0 Å². The third-order valence-electron chi connectivity index (χ3n) is 1.88. The van der Waals surface area contributed by atoms with Crippen LogP contribution in [0.15, 0.2) is 35.3 Å². The van der Waals surface area contributed by atoms with Crippen LogP contribution in [0.1, 0.15) is 10.5 Å². The highest BCUT2D eigenvalue weighted by molar-refractivity contribution is 6.30. The Morgan fingerprint density at radius 3 is 2.82 bits per heavy atom. The number of amides is 1. The Kier molecular flexibility index (Phi) is 3.15. The van der Waals surface area contributed by atoms with E-state index in [9.17, 15) is 9.59 Å². The van der Waals surface area contributed by atoms with E-state index in [0.29, 0.717) is 5.02 Å². The lowest BCUT2D eigenvalue weighted by molar-refractivity contribution is 0.102. The molecule has 0 aliphatic rings. The Hall–Kier alpha value is -2.21. The molecule has 0 aliphatic heterocycles. The van der Waals surface area contributed by atoms with Crippen LogP contribution in [0.3, 0.4) is 0 Å². The number of carbonyl (C=O) groups is 1. The SMILES string of the molecule is O=C(Nc1ccc(=O)[nH]n1)c1cc(Cl)ccn1. The zero-order valence-corrected chi connectivity index (χ0v) is 9.23. The van der Waals surface area contributed by atoms with E-state index in [1.165, 1.54) is 24.4 Å². The molecular weight excluding hydrogens is 244 g/mol. The van der Waals surface area contributed by atoms with Gasteiger partial charge in [-0.05, 0) is 18.2 Å². The minimum Gasteiger partial charge on any atom is -0.304 e. The summed E-state index contributed by atoms with van der Waals surface area (Å²) in [6.07, 6.45) is 1.43.